The van der Waals surface area contributed by atoms with Gasteiger partial charge in [-0.3, -0.25) is 9.59 Å². The second kappa shape index (κ2) is 12.5. The number of rotatable bonds is 7. The van der Waals surface area contributed by atoms with Gasteiger partial charge in [-0.05, 0) is 101 Å². The summed E-state index contributed by atoms with van der Waals surface area (Å²) >= 11 is 2.27. The summed E-state index contributed by atoms with van der Waals surface area (Å²) in [5.74, 6) is 0.793. The Balaban J connectivity index is 1.51. The molecule has 2 aromatic carbocycles. The zero-order chi connectivity index (χ0) is 32.1. The van der Waals surface area contributed by atoms with Crippen LogP contribution < -0.4 is 9.47 Å². The van der Waals surface area contributed by atoms with Crippen LogP contribution in [0, 0.1) is 20.2 Å². The minimum absolute atomic E-state index is 0.150. The van der Waals surface area contributed by atoms with Gasteiger partial charge < -0.3 is 14.4 Å². The van der Waals surface area contributed by atoms with Crippen molar-refractivity contribution >= 4 is 34.2 Å². The summed E-state index contributed by atoms with van der Waals surface area (Å²) < 4.78 is 26.8. The monoisotopic (exact) mass is 725 g/mol. The minimum Gasteiger partial charge on any atom is -0.490 e. The molecule has 0 bridgehead atoms. The SMILES string of the molecule is CCOc1cc(C2C3=C(CC(C)(C)CC3=O)N(C3CCCCC3)C3=C2C(=O)CC(C)(C)C3)cc(I)c1OCc1ccc(F)cc1. The first-order valence-corrected chi connectivity index (χ1v) is 17.6. The van der Waals surface area contributed by atoms with E-state index in [0.29, 0.717) is 37.0 Å². The Morgan fingerprint density at radius 1 is 0.844 bits per heavy atom. The summed E-state index contributed by atoms with van der Waals surface area (Å²) in [6.45, 7) is 11.4. The molecule has 1 aliphatic heterocycles. The Morgan fingerprint density at radius 3 is 1.98 bits per heavy atom. The molecule has 0 radical (unpaired) electrons. The van der Waals surface area contributed by atoms with Crippen molar-refractivity contribution in [3.8, 4) is 11.5 Å². The number of benzene rings is 2. The van der Waals surface area contributed by atoms with E-state index < -0.39 is 5.92 Å². The molecule has 5 nitrogen and oxygen atoms in total. The van der Waals surface area contributed by atoms with Gasteiger partial charge in [-0.25, -0.2) is 4.39 Å². The molecule has 0 amide bonds. The highest BCUT2D eigenvalue weighted by molar-refractivity contribution is 14.1. The number of Topliss-reactive ketones (excluding diaryl/α,β-unsaturated/α-hetero) is 2. The quantitative estimate of drug-likeness (QED) is 0.267. The van der Waals surface area contributed by atoms with Crippen LogP contribution in [0.15, 0.2) is 58.9 Å². The number of carbonyl (C=O) groups excluding carboxylic acids is 2. The van der Waals surface area contributed by atoms with Gasteiger partial charge in [0.15, 0.2) is 23.1 Å². The third kappa shape index (κ3) is 6.48. The number of hydrogen-bond acceptors (Lipinski definition) is 5. The Hall–Kier alpha value is -2.68. The first-order chi connectivity index (χ1) is 21.4. The maximum Gasteiger partial charge on any atom is 0.174 e. The molecule has 1 fully saturated rings. The molecule has 1 saturated carbocycles. The van der Waals surface area contributed by atoms with E-state index >= 15 is 0 Å². The van der Waals surface area contributed by atoms with Gasteiger partial charge in [-0.1, -0.05) is 59.1 Å². The molecule has 2 aromatic rings. The lowest BCUT2D eigenvalue weighted by Crippen LogP contribution is -2.48. The first kappa shape index (κ1) is 32.3. The van der Waals surface area contributed by atoms with E-state index in [-0.39, 0.29) is 34.8 Å². The van der Waals surface area contributed by atoms with Crippen molar-refractivity contribution in [2.75, 3.05) is 6.61 Å². The summed E-state index contributed by atoms with van der Waals surface area (Å²) in [5, 5.41) is 0. The van der Waals surface area contributed by atoms with Crippen LogP contribution in [-0.2, 0) is 16.2 Å². The predicted octanol–water partition coefficient (Wildman–Crippen LogP) is 9.43. The number of ketones is 2. The van der Waals surface area contributed by atoms with E-state index in [1.807, 2.05) is 13.0 Å². The average Bonchev–Trinajstić information content (AvgIpc) is 2.96. The molecule has 4 aliphatic rings. The fourth-order valence-electron chi connectivity index (χ4n) is 8.00. The summed E-state index contributed by atoms with van der Waals surface area (Å²) in [7, 11) is 0. The third-order valence-electron chi connectivity index (χ3n) is 9.85. The van der Waals surface area contributed by atoms with Gasteiger partial charge in [0, 0.05) is 47.3 Å². The standard InChI is InChI=1S/C38H45FINO4/c1-6-44-32-17-24(16-27(40)36(32)45-22-23-12-14-25(39)15-13-23)33-34-28(18-37(2,3)20-30(34)42)41(26-10-8-7-9-11-26)29-19-38(4,5)21-31(43)35(29)33/h12-17,26,33H,6-11,18-22H2,1-5H3. The third-order valence-corrected chi connectivity index (χ3v) is 10.7. The maximum absolute atomic E-state index is 14.3. The fraction of sp³-hybridized carbons (Fsp3) is 0.526. The second-order valence-electron chi connectivity index (χ2n) is 14.9. The van der Waals surface area contributed by atoms with E-state index in [2.05, 4.69) is 61.3 Å². The van der Waals surface area contributed by atoms with Gasteiger partial charge in [0.1, 0.15) is 12.4 Å². The molecule has 0 atom stereocenters. The van der Waals surface area contributed by atoms with Crippen LogP contribution in [0.3, 0.4) is 0 Å². The van der Waals surface area contributed by atoms with Crippen LogP contribution in [0.5, 0.6) is 11.5 Å². The first-order valence-electron chi connectivity index (χ1n) is 16.5. The molecule has 0 unspecified atom stereocenters. The van der Waals surface area contributed by atoms with Crippen molar-refractivity contribution in [2.24, 2.45) is 10.8 Å². The van der Waals surface area contributed by atoms with Crippen molar-refractivity contribution in [2.45, 2.75) is 111 Å². The average molecular weight is 726 g/mol. The maximum atomic E-state index is 14.3. The van der Waals surface area contributed by atoms with Gasteiger partial charge >= 0.3 is 0 Å². The van der Waals surface area contributed by atoms with Gasteiger partial charge in [0.2, 0.25) is 0 Å². The highest BCUT2D eigenvalue weighted by Gasteiger charge is 2.50. The lowest BCUT2D eigenvalue weighted by atomic mass is 9.63. The fourth-order valence-corrected chi connectivity index (χ4v) is 8.78. The van der Waals surface area contributed by atoms with Crippen LogP contribution >= 0.6 is 22.6 Å². The summed E-state index contributed by atoms with van der Waals surface area (Å²) in [5.41, 5.74) is 5.36. The Morgan fingerprint density at radius 2 is 1.42 bits per heavy atom. The van der Waals surface area contributed by atoms with Crippen LogP contribution in [0.1, 0.15) is 109 Å². The lowest BCUT2D eigenvalue weighted by Gasteiger charge is -2.52. The predicted molar refractivity (Wildman–Crippen MR) is 183 cm³/mol. The van der Waals surface area contributed by atoms with Gasteiger partial charge in [0.05, 0.1) is 10.2 Å². The normalized spacial score (nSPS) is 22.0. The lowest BCUT2D eigenvalue weighted by molar-refractivity contribution is -0.119. The molecule has 240 valence electrons. The number of ether oxygens (including phenoxy) is 2. The molecule has 0 aromatic heterocycles. The molecule has 1 heterocycles. The van der Waals surface area contributed by atoms with Crippen LogP contribution in [0.4, 0.5) is 4.39 Å². The molecule has 3 aliphatic carbocycles. The van der Waals surface area contributed by atoms with Gasteiger partial charge in [-0.2, -0.15) is 0 Å². The number of halogens is 2. The molecule has 45 heavy (non-hydrogen) atoms. The Kier molecular flexibility index (Phi) is 8.96. The van der Waals surface area contributed by atoms with Crippen molar-refractivity contribution in [1.29, 1.82) is 0 Å². The molecule has 7 heteroatoms. The summed E-state index contributed by atoms with van der Waals surface area (Å²) in [4.78, 5) is 31.1. The number of carbonyl (C=O) groups is 2. The van der Waals surface area contributed by atoms with Crippen molar-refractivity contribution in [1.82, 2.24) is 4.90 Å². The van der Waals surface area contributed by atoms with Crippen molar-refractivity contribution in [3.05, 3.63) is 79.5 Å². The number of allylic oxidation sites excluding steroid dienone is 4. The smallest absolute Gasteiger partial charge is 0.174 e. The van der Waals surface area contributed by atoms with Crippen molar-refractivity contribution < 1.29 is 23.5 Å². The molecular weight excluding hydrogens is 680 g/mol. The number of hydrogen-bond donors (Lipinski definition) is 0. The van der Waals surface area contributed by atoms with Crippen molar-refractivity contribution in [3.63, 3.8) is 0 Å². The number of nitrogens with zero attached hydrogens (tertiary/aromatic N) is 1. The van der Waals surface area contributed by atoms with E-state index in [0.717, 1.165) is 62.9 Å². The van der Waals surface area contributed by atoms with Gasteiger partial charge in [-0.15, -0.1) is 0 Å². The Bertz CT molecular complexity index is 1510. The zero-order valence-electron chi connectivity index (χ0n) is 27.2. The van der Waals surface area contributed by atoms with Crippen LogP contribution in [0.25, 0.3) is 0 Å². The highest BCUT2D eigenvalue weighted by atomic mass is 127. The molecule has 0 N–H and O–H groups in total. The molecule has 0 spiro atoms. The Labute approximate surface area is 280 Å². The van der Waals surface area contributed by atoms with Gasteiger partial charge in [0.25, 0.3) is 0 Å². The van der Waals surface area contributed by atoms with Crippen LogP contribution in [-0.4, -0.2) is 29.1 Å². The molecule has 0 saturated heterocycles. The van der Waals surface area contributed by atoms with E-state index in [1.54, 1.807) is 12.1 Å². The highest BCUT2D eigenvalue weighted by Crippen LogP contribution is 2.56. The summed E-state index contributed by atoms with van der Waals surface area (Å²) in [6, 6.07) is 10.7. The molecular formula is C38H45FINO4. The topological polar surface area (TPSA) is 55.8 Å². The van der Waals surface area contributed by atoms with Crippen LogP contribution in [0.2, 0.25) is 0 Å². The van der Waals surface area contributed by atoms with E-state index in [4.69, 9.17) is 9.47 Å². The summed E-state index contributed by atoms with van der Waals surface area (Å²) in [6.07, 6.45) is 8.37. The molecule has 6 rings (SSSR count). The van der Waals surface area contributed by atoms with E-state index in [1.165, 1.54) is 31.4 Å². The van der Waals surface area contributed by atoms with E-state index in [9.17, 15) is 14.0 Å². The second-order valence-corrected chi connectivity index (χ2v) is 16.0. The minimum atomic E-state index is -0.430. The largest absolute Gasteiger partial charge is 0.490 e. The zero-order valence-corrected chi connectivity index (χ0v) is 29.4.